The summed E-state index contributed by atoms with van der Waals surface area (Å²) in [6.07, 6.45) is 0. The standard InChI is InChI=1S/C14H26N2OSi2/c1-16(15)14(17)11-8-9-12(18(2,3)4)13(10-11)19(5,6)7/h8-10H,15H2,1-7H3. The zero-order chi connectivity index (χ0) is 15.0. The Bertz CT molecular complexity index is 485. The van der Waals surface area contributed by atoms with Crippen molar-refractivity contribution in [3.63, 3.8) is 0 Å². The third-order valence-corrected chi connectivity index (χ3v) is 7.53. The number of nitrogens with two attached hydrogens (primary N) is 1. The minimum Gasteiger partial charge on any atom is -0.280 e. The van der Waals surface area contributed by atoms with Gasteiger partial charge in [-0.25, -0.2) is 5.84 Å². The summed E-state index contributed by atoms with van der Waals surface area (Å²) in [5.74, 6) is 5.43. The van der Waals surface area contributed by atoms with Crippen LogP contribution in [0.1, 0.15) is 10.4 Å². The Morgan fingerprint density at radius 3 is 1.84 bits per heavy atom. The summed E-state index contributed by atoms with van der Waals surface area (Å²) in [7, 11) is -1.28. The molecule has 2 N–H and O–H groups in total. The van der Waals surface area contributed by atoms with Gasteiger partial charge in [-0.15, -0.1) is 0 Å². The summed E-state index contributed by atoms with van der Waals surface area (Å²) in [5, 5.41) is 4.03. The number of carbonyl (C=O) groups excluding carboxylic acids is 1. The SMILES string of the molecule is CN(N)C(=O)c1ccc([Si](C)(C)C)c([Si](C)(C)C)c1. The molecule has 0 aliphatic carbocycles. The van der Waals surface area contributed by atoms with E-state index in [4.69, 9.17) is 5.84 Å². The van der Waals surface area contributed by atoms with Crippen LogP contribution >= 0.6 is 0 Å². The molecule has 1 amide bonds. The van der Waals surface area contributed by atoms with E-state index in [1.165, 1.54) is 10.4 Å². The highest BCUT2D eigenvalue weighted by molar-refractivity contribution is 6.98. The van der Waals surface area contributed by atoms with E-state index in [0.717, 1.165) is 5.01 Å². The van der Waals surface area contributed by atoms with Gasteiger partial charge in [-0.3, -0.25) is 9.80 Å². The molecule has 0 bridgehead atoms. The minimum absolute atomic E-state index is 0.123. The molecule has 0 spiro atoms. The fourth-order valence-corrected chi connectivity index (χ4v) is 7.35. The van der Waals surface area contributed by atoms with E-state index in [2.05, 4.69) is 51.4 Å². The molecule has 1 aromatic carbocycles. The molecule has 0 atom stereocenters. The number of hydrogen-bond acceptors (Lipinski definition) is 2. The topological polar surface area (TPSA) is 46.3 Å². The van der Waals surface area contributed by atoms with Gasteiger partial charge in [0, 0.05) is 12.6 Å². The van der Waals surface area contributed by atoms with Crippen molar-refractivity contribution in [2.75, 3.05) is 7.05 Å². The van der Waals surface area contributed by atoms with Crippen molar-refractivity contribution in [2.45, 2.75) is 39.3 Å². The summed E-state index contributed by atoms with van der Waals surface area (Å²) < 4.78 is 0. The van der Waals surface area contributed by atoms with Gasteiger partial charge in [-0.1, -0.05) is 61.8 Å². The number of nitrogens with zero attached hydrogens (tertiary/aromatic N) is 1. The van der Waals surface area contributed by atoms with E-state index in [1.807, 2.05) is 6.07 Å². The molecule has 3 nitrogen and oxygen atoms in total. The Labute approximate surface area is 118 Å². The highest BCUT2D eigenvalue weighted by atomic mass is 28.3. The van der Waals surface area contributed by atoms with E-state index < -0.39 is 16.1 Å². The maximum Gasteiger partial charge on any atom is 0.267 e. The van der Waals surface area contributed by atoms with Crippen LogP contribution in [-0.2, 0) is 0 Å². The molecule has 0 saturated carbocycles. The number of carbonyl (C=O) groups is 1. The molecule has 0 aliphatic rings. The van der Waals surface area contributed by atoms with Crippen LogP contribution in [0.5, 0.6) is 0 Å². The normalized spacial score (nSPS) is 12.4. The first-order chi connectivity index (χ1) is 8.44. The third-order valence-electron chi connectivity index (χ3n) is 3.20. The van der Waals surface area contributed by atoms with Crippen LogP contribution in [0.25, 0.3) is 0 Å². The van der Waals surface area contributed by atoms with Crippen LogP contribution in [0.2, 0.25) is 39.3 Å². The first-order valence-electron chi connectivity index (χ1n) is 6.62. The van der Waals surface area contributed by atoms with Crippen molar-refractivity contribution >= 4 is 32.4 Å². The number of hydrogen-bond donors (Lipinski definition) is 1. The quantitative estimate of drug-likeness (QED) is 0.399. The van der Waals surface area contributed by atoms with Gasteiger partial charge >= 0.3 is 0 Å². The molecule has 106 valence electrons. The van der Waals surface area contributed by atoms with Crippen LogP contribution < -0.4 is 16.2 Å². The molecule has 0 heterocycles. The molecule has 19 heavy (non-hydrogen) atoms. The Morgan fingerprint density at radius 2 is 1.47 bits per heavy atom. The second-order valence-electron chi connectivity index (χ2n) is 7.18. The van der Waals surface area contributed by atoms with Crippen molar-refractivity contribution < 1.29 is 4.79 Å². The summed E-state index contributed by atoms with van der Waals surface area (Å²) in [6.45, 7) is 14.0. The third kappa shape index (κ3) is 3.78. The average Bonchev–Trinajstić information content (AvgIpc) is 2.24. The molecule has 0 unspecified atom stereocenters. The maximum absolute atomic E-state index is 12.0. The summed E-state index contributed by atoms with van der Waals surface area (Å²) in [6, 6.07) is 6.14. The lowest BCUT2D eigenvalue weighted by Gasteiger charge is -2.28. The van der Waals surface area contributed by atoms with Crippen LogP contribution in [0.15, 0.2) is 18.2 Å². The zero-order valence-corrected chi connectivity index (χ0v) is 15.2. The van der Waals surface area contributed by atoms with Crippen LogP contribution in [-0.4, -0.2) is 34.1 Å². The van der Waals surface area contributed by atoms with E-state index >= 15 is 0 Å². The van der Waals surface area contributed by atoms with Crippen molar-refractivity contribution in [3.8, 4) is 0 Å². The lowest BCUT2D eigenvalue weighted by atomic mass is 10.2. The Hall–Kier alpha value is -0.916. The van der Waals surface area contributed by atoms with E-state index in [-0.39, 0.29) is 5.91 Å². The van der Waals surface area contributed by atoms with Crippen molar-refractivity contribution in [3.05, 3.63) is 23.8 Å². The second kappa shape index (κ2) is 5.22. The molecule has 0 radical (unpaired) electrons. The summed E-state index contributed by atoms with van der Waals surface area (Å²) in [4.78, 5) is 12.0. The molecule has 0 saturated heterocycles. The first-order valence-corrected chi connectivity index (χ1v) is 13.6. The van der Waals surface area contributed by atoms with Gasteiger partial charge in [0.2, 0.25) is 0 Å². The fourth-order valence-electron chi connectivity index (χ4n) is 2.16. The highest BCUT2D eigenvalue weighted by Gasteiger charge is 2.28. The second-order valence-corrected chi connectivity index (χ2v) is 17.3. The van der Waals surface area contributed by atoms with Gasteiger partial charge < -0.3 is 0 Å². The first kappa shape index (κ1) is 16.1. The maximum atomic E-state index is 12.0. The Balaban J connectivity index is 3.45. The fraction of sp³-hybridized carbons (Fsp3) is 0.500. The van der Waals surface area contributed by atoms with Gasteiger partial charge in [0.15, 0.2) is 0 Å². The monoisotopic (exact) mass is 294 g/mol. The van der Waals surface area contributed by atoms with Crippen LogP contribution in [0.3, 0.4) is 0 Å². The molecular formula is C14H26N2OSi2. The van der Waals surface area contributed by atoms with Gasteiger partial charge in [-0.05, 0) is 6.07 Å². The number of hydrazine groups is 1. The predicted octanol–water partition coefficient (Wildman–Crippen LogP) is 1.72. The molecule has 0 fully saturated rings. The number of rotatable bonds is 3. The molecule has 1 rings (SSSR count). The zero-order valence-electron chi connectivity index (χ0n) is 13.2. The van der Waals surface area contributed by atoms with E-state index in [1.54, 1.807) is 7.05 Å². The highest BCUT2D eigenvalue weighted by Crippen LogP contribution is 2.10. The molecule has 5 heteroatoms. The largest absolute Gasteiger partial charge is 0.280 e. The predicted molar refractivity (Wildman–Crippen MR) is 88.7 cm³/mol. The molecule has 0 aliphatic heterocycles. The van der Waals surface area contributed by atoms with Crippen LogP contribution in [0, 0.1) is 0 Å². The van der Waals surface area contributed by atoms with Gasteiger partial charge in [-0.2, -0.15) is 0 Å². The number of benzene rings is 1. The van der Waals surface area contributed by atoms with Crippen molar-refractivity contribution in [2.24, 2.45) is 5.84 Å². The Morgan fingerprint density at radius 1 is 1.00 bits per heavy atom. The van der Waals surface area contributed by atoms with Gasteiger partial charge in [0.25, 0.3) is 5.91 Å². The lowest BCUT2D eigenvalue weighted by Crippen LogP contribution is -2.56. The minimum atomic E-state index is -1.48. The van der Waals surface area contributed by atoms with E-state index in [9.17, 15) is 4.79 Å². The van der Waals surface area contributed by atoms with E-state index in [0.29, 0.717) is 5.56 Å². The van der Waals surface area contributed by atoms with Crippen molar-refractivity contribution in [1.29, 1.82) is 0 Å². The summed E-state index contributed by atoms with van der Waals surface area (Å²) in [5.41, 5.74) is 0.699. The number of amides is 1. The van der Waals surface area contributed by atoms with Gasteiger partial charge in [0.05, 0.1) is 16.1 Å². The summed E-state index contributed by atoms with van der Waals surface area (Å²) >= 11 is 0. The molecular weight excluding hydrogens is 268 g/mol. The molecule has 0 aromatic heterocycles. The molecule has 1 aromatic rings. The van der Waals surface area contributed by atoms with Crippen molar-refractivity contribution in [1.82, 2.24) is 5.01 Å². The van der Waals surface area contributed by atoms with Crippen LogP contribution in [0.4, 0.5) is 0 Å². The lowest BCUT2D eigenvalue weighted by molar-refractivity contribution is 0.0795. The smallest absolute Gasteiger partial charge is 0.267 e. The average molecular weight is 295 g/mol. The Kier molecular flexibility index (Phi) is 4.44. The van der Waals surface area contributed by atoms with Gasteiger partial charge in [0.1, 0.15) is 0 Å².